The normalized spacial score (nSPS) is 11.5. The summed E-state index contributed by atoms with van der Waals surface area (Å²) < 4.78 is 61.2. The molecule has 0 bridgehead atoms. The van der Waals surface area contributed by atoms with Crippen LogP contribution in [-0.2, 0) is 38.0 Å². The Morgan fingerprint density at radius 2 is 0.971 bits per heavy atom. The van der Waals surface area contributed by atoms with Gasteiger partial charge < -0.3 is 34.2 Å². The van der Waals surface area contributed by atoms with Gasteiger partial charge in [0.15, 0.2) is 0 Å². The maximum absolute atomic E-state index is 11.9. The molecule has 0 saturated heterocycles. The third-order valence-corrected chi connectivity index (χ3v) is 5.69. The molecule has 10 nitrogen and oxygen atoms in total. The molecule has 0 radical (unpaired) electrons. The molecule has 2 aromatic rings. The van der Waals surface area contributed by atoms with Crippen molar-refractivity contribution in [3.63, 3.8) is 0 Å². The summed E-state index contributed by atoms with van der Waals surface area (Å²) >= 11 is 0. The Morgan fingerprint density at radius 1 is 0.543 bits per heavy atom. The molecule has 0 unspecified atom stereocenters. The first kappa shape index (κ1) is 29.0. The molecule has 0 saturated carbocycles. The van der Waals surface area contributed by atoms with Gasteiger partial charge in [-0.25, -0.2) is 0 Å². The van der Waals surface area contributed by atoms with Crippen LogP contribution < -0.4 is 10.5 Å². The molecule has 0 aliphatic heterocycles. The lowest BCUT2D eigenvalue weighted by molar-refractivity contribution is -0.0140. The minimum Gasteiger partial charge on any atom is -0.491 e. The summed E-state index contributed by atoms with van der Waals surface area (Å²) in [5, 5.41) is 0. The number of nitrogen functional groups attached to an aromatic ring is 1. The Balaban J connectivity index is 1.27. The summed E-state index contributed by atoms with van der Waals surface area (Å²) in [4.78, 5) is 0.124. The van der Waals surface area contributed by atoms with Gasteiger partial charge in [0.2, 0.25) is 0 Å². The molecule has 2 N–H and O–H groups in total. The third-order valence-electron chi connectivity index (χ3n) is 4.36. The SMILES string of the molecule is Nc1ccc(OCCOCCOCCOCCOCCOCCOS(=O)(=O)c2ccccc2)cc1. The standard InChI is InChI=1S/C24H35NO9S/c25-22-6-8-23(9-7-22)33-20-18-31-16-14-29-12-10-28-11-13-30-15-17-32-19-21-34-35(26,27)24-4-2-1-3-5-24/h1-9H,10-21,25H2. The molecule has 0 atom stereocenters. The lowest BCUT2D eigenvalue weighted by Crippen LogP contribution is -2.15. The molecule has 0 fully saturated rings. The molecule has 0 aliphatic carbocycles. The van der Waals surface area contributed by atoms with Crippen LogP contribution in [-0.4, -0.2) is 87.7 Å². The van der Waals surface area contributed by atoms with Crippen LogP contribution in [0.2, 0.25) is 0 Å². The minimum atomic E-state index is -3.75. The fourth-order valence-electron chi connectivity index (χ4n) is 2.62. The summed E-state index contributed by atoms with van der Waals surface area (Å²) in [6.45, 7) is 4.53. The molecule has 196 valence electrons. The highest BCUT2D eigenvalue weighted by Crippen LogP contribution is 2.13. The molecule has 11 heteroatoms. The van der Waals surface area contributed by atoms with Gasteiger partial charge in [0.25, 0.3) is 10.1 Å². The predicted octanol–water partition coefficient (Wildman–Crippen LogP) is 2.14. The van der Waals surface area contributed by atoms with E-state index in [1.807, 2.05) is 12.1 Å². The zero-order valence-corrected chi connectivity index (χ0v) is 20.7. The molecule has 0 amide bonds. The van der Waals surface area contributed by atoms with Crippen molar-refractivity contribution in [1.82, 2.24) is 0 Å². The van der Waals surface area contributed by atoms with Crippen LogP contribution in [0.1, 0.15) is 0 Å². The van der Waals surface area contributed by atoms with Gasteiger partial charge >= 0.3 is 0 Å². The van der Waals surface area contributed by atoms with Crippen LogP contribution >= 0.6 is 0 Å². The second-order valence-electron chi connectivity index (χ2n) is 7.07. The van der Waals surface area contributed by atoms with E-state index >= 15 is 0 Å². The Morgan fingerprint density at radius 3 is 1.46 bits per heavy atom. The zero-order valence-electron chi connectivity index (χ0n) is 19.8. The number of hydrogen-bond donors (Lipinski definition) is 1. The van der Waals surface area contributed by atoms with Gasteiger partial charge in [-0.15, -0.1) is 0 Å². The molecule has 35 heavy (non-hydrogen) atoms. The monoisotopic (exact) mass is 513 g/mol. The fraction of sp³-hybridized carbons (Fsp3) is 0.500. The highest BCUT2D eigenvalue weighted by Gasteiger charge is 2.13. The van der Waals surface area contributed by atoms with E-state index in [1.54, 1.807) is 30.3 Å². The first-order valence-corrected chi connectivity index (χ1v) is 12.8. The number of anilines is 1. The average Bonchev–Trinajstić information content (AvgIpc) is 2.87. The maximum Gasteiger partial charge on any atom is 0.297 e. The van der Waals surface area contributed by atoms with Crippen molar-refractivity contribution >= 4 is 15.8 Å². The van der Waals surface area contributed by atoms with Crippen molar-refractivity contribution in [2.45, 2.75) is 4.90 Å². The molecule has 0 spiro atoms. The minimum absolute atomic E-state index is 0.0528. The second-order valence-corrected chi connectivity index (χ2v) is 8.68. The molecular weight excluding hydrogens is 478 g/mol. The predicted molar refractivity (Wildman–Crippen MR) is 130 cm³/mol. The Bertz CT molecular complexity index is 880. The largest absolute Gasteiger partial charge is 0.491 e. The molecule has 2 rings (SSSR count). The van der Waals surface area contributed by atoms with Gasteiger partial charge in [0, 0.05) is 5.69 Å². The van der Waals surface area contributed by atoms with E-state index in [2.05, 4.69) is 0 Å². The second kappa shape index (κ2) is 18.1. The van der Waals surface area contributed by atoms with E-state index in [0.717, 1.165) is 5.75 Å². The van der Waals surface area contributed by atoms with Crippen molar-refractivity contribution in [3.8, 4) is 5.75 Å². The van der Waals surface area contributed by atoms with Crippen molar-refractivity contribution in [3.05, 3.63) is 54.6 Å². The Labute approximate surface area is 207 Å². The Hall–Kier alpha value is -2.25. The molecular formula is C24H35NO9S. The first-order valence-electron chi connectivity index (χ1n) is 11.4. The maximum atomic E-state index is 11.9. The fourth-order valence-corrected chi connectivity index (χ4v) is 3.54. The summed E-state index contributed by atoms with van der Waals surface area (Å²) in [5.41, 5.74) is 6.32. The third kappa shape index (κ3) is 14.0. The highest BCUT2D eigenvalue weighted by atomic mass is 32.2. The lowest BCUT2D eigenvalue weighted by Gasteiger charge is -2.09. The van der Waals surface area contributed by atoms with E-state index in [-0.39, 0.29) is 18.1 Å². The van der Waals surface area contributed by atoms with E-state index in [0.29, 0.717) is 71.8 Å². The number of ether oxygens (including phenoxy) is 6. The highest BCUT2D eigenvalue weighted by molar-refractivity contribution is 7.86. The van der Waals surface area contributed by atoms with Crippen molar-refractivity contribution in [2.24, 2.45) is 0 Å². The zero-order chi connectivity index (χ0) is 25.0. The number of nitrogens with two attached hydrogens (primary N) is 1. The Kier molecular flexibility index (Phi) is 15.0. The topological polar surface area (TPSA) is 125 Å². The van der Waals surface area contributed by atoms with Crippen LogP contribution in [0.3, 0.4) is 0 Å². The summed E-state index contributed by atoms with van der Waals surface area (Å²) in [6, 6.07) is 15.2. The van der Waals surface area contributed by atoms with Crippen LogP contribution in [0.5, 0.6) is 5.75 Å². The van der Waals surface area contributed by atoms with Crippen molar-refractivity contribution in [1.29, 1.82) is 0 Å². The first-order chi connectivity index (χ1) is 17.1. The molecule has 0 heterocycles. The van der Waals surface area contributed by atoms with E-state index in [4.69, 9.17) is 38.3 Å². The van der Waals surface area contributed by atoms with Gasteiger partial charge in [0.1, 0.15) is 12.4 Å². The van der Waals surface area contributed by atoms with Crippen LogP contribution in [0.25, 0.3) is 0 Å². The van der Waals surface area contributed by atoms with Crippen molar-refractivity contribution < 1.29 is 41.0 Å². The van der Waals surface area contributed by atoms with Crippen LogP contribution in [0.15, 0.2) is 59.5 Å². The van der Waals surface area contributed by atoms with E-state index < -0.39 is 10.1 Å². The summed E-state index contributed by atoms with van der Waals surface area (Å²) in [7, 11) is -3.75. The molecule has 2 aromatic carbocycles. The van der Waals surface area contributed by atoms with Gasteiger partial charge in [0.05, 0.1) is 77.6 Å². The average molecular weight is 514 g/mol. The van der Waals surface area contributed by atoms with Crippen molar-refractivity contribution in [2.75, 3.05) is 85.0 Å². The van der Waals surface area contributed by atoms with Gasteiger partial charge in [-0.3, -0.25) is 4.18 Å². The van der Waals surface area contributed by atoms with E-state index in [9.17, 15) is 8.42 Å². The lowest BCUT2D eigenvalue weighted by atomic mass is 10.3. The molecule has 0 aliphatic rings. The summed E-state index contributed by atoms with van der Waals surface area (Å²) in [6.07, 6.45) is 0. The van der Waals surface area contributed by atoms with Gasteiger partial charge in [-0.05, 0) is 36.4 Å². The summed E-state index contributed by atoms with van der Waals surface area (Å²) in [5.74, 6) is 0.759. The van der Waals surface area contributed by atoms with Gasteiger partial charge in [-0.2, -0.15) is 8.42 Å². The number of benzene rings is 2. The molecule has 0 aromatic heterocycles. The number of rotatable bonds is 21. The smallest absolute Gasteiger partial charge is 0.297 e. The quantitative estimate of drug-likeness (QED) is 0.151. The van der Waals surface area contributed by atoms with Gasteiger partial charge in [-0.1, -0.05) is 18.2 Å². The van der Waals surface area contributed by atoms with Crippen LogP contribution in [0, 0.1) is 0 Å². The van der Waals surface area contributed by atoms with E-state index in [1.165, 1.54) is 12.1 Å². The van der Waals surface area contributed by atoms with Crippen LogP contribution in [0.4, 0.5) is 5.69 Å². The number of hydrogen-bond acceptors (Lipinski definition) is 10.